The van der Waals surface area contributed by atoms with E-state index >= 15 is 0 Å². The standard InChI is InChI=1S/C9H12S3/c1-2-9(12-3-1)8-6-10-4-5-11-7-8/h1-3,8H,4-7H2. The summed E-state index contributed by atoms with van der Waals surface area (Å²) in [6.07, 6.45) is 0. The van der Waals surface area contributed by atoms with Gasteiger partial charge in [-0.1, -0.05) is 6.07 Å². The molecule has 0 saturated carbocycles. The van der Waals surface area contributed by atoms with Crippen molar-refractivity contribution in [1.82, 2.24) is 0 Å². The lowest BCUT2D eigenvalue weighted by atomic mass is 10.2. The summed E-state index contributed by atoms with van der Waals surface area (Å²) in [6.45, 7) is 0. The topological polar surface area (TPSA) is 0 Å². The molecule has 3 heteroatoms. The molecular weight excluding hydrogens is 204 g/mol. The van der Waals surface area contributed by atoms with Crippen molar-refractivity contribution in [2.45, 2.75) is 5.92 Å². The molecule has 1 saturated heterocycles. The van der Waals surface area contributed by atoms with Gasteiger partial charge in [0.25, 0.3) is 0 Å². The highest BCUT2D eigenvalue weighted by Crippen LogP contribution is 2.31. The minimum absolute atomic E-state index is 0.822. The summed E-state index contributed by atoms with van der Waals surface area (Å²) in [4.78, 5) is 1.58. The van der Waals surface area contributed by atoms with Crippen molar-refractivity contribution >= 4 is 34.9 Å². The molecule has 1 aromatic rings. The molecule has 0 radical (unpaired) electrons. The second kappa shape index (κ2) is 4.58. The number of hydrogen-bond acceptors (Lipinski definition) is 3. The van der Waals surface area contributed by atoms with Crippen LogP contribution < -0.4 is 0 Å². The summed E-state index contributed by atoms with van der Waals surface area (Å²) in [5.41, 5.74) is 0. The maximum atomic E-state index is 2.28. The smallest absolute Gasteiger partial charge is 0.0114 e. The van der Waals surface area contributed by atoms with Gasteiger partial charge in [-0.25, -0.2) is 0 Å². The molecule has 0 spiro atoms. The van der Waals surface area contributed by atoms with Crippen LogP contribution in [0.25, 0.3) is 0 Å². The van der Waals surface area contributed by atoms with Gasteiger partial charge in [0.05, 0.1) is 0 Å². The molecule has 0 unspecified atom stereocenters. The van der Waals surface area contributed by atoms with Gasteiger partial charge in [0.2, 0.25) is 0 Å². The van der Waals surface area contributed by atoms with E-state index in [9.17, 15) is 0 Å². The van der Waals surface area contributed by atoms with Crippen LogP contribution in [0.5, 0.6) is 0 Å². The van der Waals surface area contributed by atoms with Crippen LogP contribution in [0.4, 0.5) is 0 Å². The van der Waals surface area contributed by atoms with E-state index in [-0.39, 0.29) is 0 Å². The second-order valence-electron chi connectivity index (χ2n) is 2.86. The number of rotatable bonds is 1. The van der Waals surface area contributed by atoms with Gasteiger partial charge in [-0.3, -0.25) is 0 Å². The number of hydrogen-bond donors (Lipinski definition) is 0. The van der Waals surface area contributed by atoms with Crippen LogP contribution in [-0.2, 0) is 0 Å². The summed E-state index contributed by atoms with van der Waals surface area (Å²) in [7, 11) is 0. The predicted molar refractivity (Wildman–Crippen MR) is 61.7 cm³/mol. The van der Waals surface area contributed by atoms with Crippen LogP contribution in [0.1, 0.15) is 10.8 Å². The zero-order valence-electron chi connectivity index (χ0n) is 6.86. The predicted octanol–water partition coefficient (Wildman–Crippen LogP) is 3.31. The zero-order chi connectivity index (χ0) is 8.23. The Morgan fingerprint density at radius 1 is 1.17 bits per heavy atom. The molecule has 0 atom stereocenters. The molecule has 0 aliphatic carbocycles. The van der Waals surface area contributed by atoms with Crippen molar-refractivity contribution < 1.29 is 0 Å². The summed E-state index contributed by atoms with van der Waals surface area (Å²) in [6, 6.07) is 4.45. The Hall–Kier alpha value is 0.400. The Balaban J connectivity index is 2.02. The molecular formula is C9H12S3. The summed E-state index contributed by atoms with van der Waals surface area (Å²) < 4.78 is 0. The first-order valence-corrected chi connectivity index (χ1v) is 7.34. The first kappa shape index (κ1) is 8.97. The molecule has 1 aliphatic rings. The average Bonchev–Trinajstić information content (AvgIpc) is 2.48. The fraction of sp³-hybridized carbons (Fsp3) is 0.556. The second-order valence-corrected chi connectivity index (χ2v) is 6.14. The Morgan fingerprint density at radius 2 is 1.92 bits per heavy atom. The van der Waals surface area contributed by atoms with Gasteiger partial charge < -0.3 is 0 Å². The van der Waals surface area contributed by atoms with Gasteiger partial charge in [0.1, 0.15) is 0 Å². The molecule has 0 amide bonds. The van der Waals surface area contributed by atoms with Gasteiger partial charge in [0.15, 0.2) is 0 Å². The Bertz CT molecular complexity index is 210. The van der Waals surface area contributed by atoms with E-state index in [1.165, 1.54) is 23.0 Å². The van der Waals surface area contributed by atoms with E-state index in [4.69, 9.17) is 0 Å². The Kier molecular flexibility index (Phi) is 3.43. The summed E-state index contributed by atoms with van der Waals surface area (Å²) in [5, 5.41) is 2.19. The van der Waals surface area contributed by atoms with Crippen molar-refractivity contribution in [3.05, 3.63) is 22.4 Å². The van der Waals surface area contributed by atoms with E-state index in [1.54, 1.807) is 4.88 Å². The van der Waals surface area contributed by atoms with Crippen molar-refractivity contribution in [3.8, 4) is 0 Å². The van der Waals surface area contributed by atoms with Crippen LogP contribution in [0.15, 0.2) is 17.5 Å². The third-order valence-corrected chi connectivity index (χ3v) is 5.51. The minimum atomic E-state index is 0.822. The third kappa shape index (κ3) is 2.21. The van der Waals surface area contributed by atoms with Crippen LogP contribution in [0.2, 0.25) is 0 Å². The SMILES string of the molecule is c1csc(C2CSCCSC2)c1. The van der Waals surface area contributed by atoms with Gasteiger partial charge >= 0.3 is 0 Å². The molecule has 12 heavy (non-hydrogen) atoms. The highest BCUT2D eigenvalue weighted by molar-refractivity contribution is 8.03. The minimum Gasteiger partial charge on any atom is -0.160 e. The van der Waals surface area contributed by atoms with E-state index in [1.807, 2.05) is 11.3 Å². The lowest BCUT2D eigenvalue weighted by molar-refractivity contribution is 0.924. The number of thioether (sulfide) groups is 2. The first-order chi connectivity index (χ1) is 5.97. The van der Waals surface area contributed by atoms with Gasteiger partial charge in [-0.05, 0) is 11.4 Å². The average molecular weight is 216 g/mol. The number of thiophene rings is 1. The zero-order valence-corrected chi connectivity index (χ0v) is 9.31. The lowest BCUT2D eigenvalue weighted by Crippen LogP contribution is -2.00. The maximum absolute atomic E-state index is 2.28. The molecule has 1 aromatic heterocycles. The molecule has 1 fully saturated rings. The highest BCUT2D eigenvalue weighted by atomic mass is 32.2. The van der Waals surface area contributed by atoms with Crippen molar-refractivity contribution in [1.29, 1.82) is 0 Å². The van der Waals surface area contributed by atoms with Crippen LogP contribution >= 0.6 is 34.9 Å². The molecule has 0 bridgehead atoms. The summed E-state index contributed by atoms with van der Waals surface area (Å²) >= 11 is 6.13. The maximum Gasteiger partial charge on any atom is 0.0114 e. The molecule has 1 aliphatic heterocycles. The van der Waals surface area contributed by atoms with Gasteiger partial charge in [-0.2, -0.15) is 23.5 Å². The normalized spacial score (nSPS) is 20.7. The van der Waals surface area contributed by atoms with Gasteiger partial charge in [-0.15, -0.1) is 11.3 Å². The molecule has 2 heterocycles. The fourth-order valence-corrected chi connectivity index (χ4v) is 4.94. The molecule has 0 nitrogen and oxygen atoms in total. The highest BCUT2D eigenvalue weighted by Gasteiger charge is 2.15. The molecule has 0 aromatic carbocycles. The van der Waals surface area contributed by atoms with Gasteiger partial charge in [0, 0.05) is 33.8 Å². The van der Waals surface area contributed by atoms with E-state index in [2.05, 4.69) is 41.0 Å². The Morgan fingerprint density at radius 3 is 2.50 bits per heavy atom. The molecule has 2 rings (SSSR count). The lowest BCUT2D eigenvalue weighted by Gasteiger charge is -2.09. The fourth-order valence-electron chi connectivity index (χ4n) is 1.30. The van der Waals surface area contributed by atoms with Crippen LogP contribution in [-0.4, -0.2) is 23.0 Å². The van der Waals surface area contributed by atoms with E-state index in [0.29, 0.717) is 0 Å². The largest absolute Gasteiger partial charge is 0.160 e. The monoisotopic (exact) mass is 216 g/mol. The van der Waals surface area contributed by atoms with E-state index in [0.717, 1.165) is 5.92 Å². The van der Waals surface area contributed by atoms with Crippen LogP contribution in [0, 0.1) is 0 Å². The van der Waals surface area contributed by atoms with E-state index < -0.39 is 0 Å². The molecule has 66 valence electrons. The third-order valence-electron chi connectivity index (χ3n) is 1.96. The summed E-state index contributed by atoms with van der Waals surface area (Å²) in [5.74, 6) is 6.16. The molecule has 0 N–H and O–H groups in total. The van der Waals surface area contributed by atoms with Crippen molar-refractivity contribution in [2.75, 3.05) is 23.0 Å². The quantitative estimate of drug-likeness (QED) is 0.706. The van der Waals surface area contributed by atoms with Crippen LogP contribution in [0.3, 0.4) is 0 Å². The first-order valence-electron chi connectivity index (χ1n) is 4.16. The van der Waals surface area contributed by atoms with Crippen molar-refractivity contribution in [2.24, 2.45) is 0 Å². The Labute approximate surface area is 86.1 Å². The van der Waals surface area contributed by atoms with Crippen molar-refractivity contribution in [3.63, 3.8) is 0 Å².